The standard InChI is InChI=1S/C19H40/c1-11-15(5)19(10,14-4)16(6)17(7,8)18(9,12-2)13-3/h15-16H,11-14H2,1-10H3. The molecule has 3 unspecified atom stereocenters. The predicted molar refractivity (Wildman–Crippen MR) is 89.5 cm³/mol. The summed E-state index contributed by atoms with van der Waals surface area (Å²) in [5, 5.41) is 0. The molecule has 0 saturated heterocycles. The van der Waals surface area contributed by atoms with Crippen molar-refractivity contribution in [2.24, 2.45) is 28.1 Å². The molecule has 0 heteroatoms. The quantitative estimate of drug-likeness (QED) is 0.447. The van der Waals surface area contributed by atoms with E-state index in [4.69, 9.17) is 0 Å². The fourth-order valence-corrected chi connectivity index (χ4v) is 4.06. The first-order valence-electron chi connectivity index (χ1n) is 8.57. The van der Waals surface area contributed by atoms with Crippen LogP contribution in [0.4, 0.5) is 0 Å². The fourth-order valence-electron chi connectivity index (χ4n) is 4.06. The number of rotatable bonds is 8. The SMILES string of the molecule is CCC(C)C(C)(CC)C(C)C(C)(C)C(C)(CC)CC. The van der Waals surface area contributed by atoms with Crippen molar-refractivity contribution >= 4 is 0 Å². The molecule has 0 amide bonds. The highest BCUT2D eigenvalue weighted by Crippen LogP contribution is 2.57. The van der Waals surface area contributed by atoms with Crippen LogP contribution in [0.15, 0.2) is 0 Å². The van der Waals surface area contributed by atoms with Crippen molar-refractivity contribution in [3.63, 3.8) is 0 Å². The van der Waals surface area contributed by atoms with Crippen LogP contribution < -0.4 is 0 Å². The van der Waals surface area contributed by atoms with E-state index >= 15 is 0 Å². The molecule has 0 bridgehead atoms. The third-order valence-corrected chi connectivity index (χ3v) is 7.69. The van der Waals surface area contributed by atoms with Crippen LogP contribution in [0, 0.1) is 28.1 Å². The maximum atomic E-state index is 2.53. The molecule has 0 heterocycles. The topological polar surface area (TPSA) is 0 Å². The van der Waals surface area contributed by atoms with Crippen molar-refractivity contribution in [1.29, 1.82) is 0 Å². The minimum absolute atomic E-state index is 0.380. The molecule has 0 aromatic rings. The van der Waals surface area contributed by atoms with E-state index in [1.54, 1.807) is 0 Å². The summed E-state index contributed by atoms with van der Waals surface area (Å²) in [7, 11) is 0. The Morgan fingerprint density at radius 1 is 0.737 bits per heavy atom. The van der Waals surface area contributed by atoms with Crippen LogP contribution >= 0.6 is 0 Å². The Bertz CT molecular complexity index is 259. The average molecular weight is 269 g/mol. The Labute approximate surface area is 123 Å². The normalized spacial score (nSPS) is 19.9. The maximum absolute atomic E-state index is 2.53. The molecule has 0 aliphatic rings. The summed E-state index contributed by atoms with van der Waals surface area (Å²) in [6.45, 7) is 24.5. The van der Waals surface area contributed by atoms with Crippen molar-refractivity contribution in [2.45, 2.75) is 94.9 Å². The third kappa shape index (κ3) is 3.19. The van der Waals surface area contributed by atoms with Crippen LogP contribution in [0.5, 0.6) is 0 Å². The lowest BCUT2D eigenvalue weighted by Crippen LogP contribution is -2.47. The largest absolute Gasteiger partial charge is 0.0651 e. The minimum Gasteiger partial charge on any atom is -0.0651 e. The molecular weight excluding hydrogens is 228 g/mol. The molecule has 0 radical (unpaired) electrons. The zero-order chi connectivity index (χ0) is 15.5. The lowest BCUT2D eigenvalue weighted by Gasteiger charge is -2.55. The summed E-state index contributed by atoms with van der Waals surface area (Å²) >= 11 is 0. The second-order valence-corrected chi connectivity index (χ2v) is 7.88. The van der Waals surface area contributed by atoms with Crippen molar-refractivity contribution in [1.82, 2.24) is 0 Å². The Balaban J connectivity index is 5.53. The first-order chi connectivity index (χ1) is 8.57. The van der Waals surface area contributed by atoms with Gasteiger partial charge in [0.1, 0.15) is 0 Å². The van der Waals surface area contributed by atoms with Crippen molar-refractivity contribution in [2.75, 3.05) is 0 Å². The van der Waals surface area contributed by atoms with Gasteiger partial charge in [-0.2, -0.15) is 0 Å². The fraction of sp³-hybridized carbons (Fsp3) is 1.00. The van der Waals surface area contributed by atoms with E-state index in [-0.39, 0.29) is 0 Å². The highest BCUT2D eigenvalue weighted by molar-refractivity contribution is 4.98. The number of hydrogen-bond donors (Lipinski definition) is 0. The van der Waals surface area contributed by atoms with Crippen LogP contribution in [0.1, 0.15) is 94.9 Å². The minimum atomic E-state index is 0.380. The summed E-state index contributed by atoms with van der Waals surface area (Å²) in [6.07, 6.45) is 5.14. The van der Waals surface area contributed by atoms with E-state index < -0.39 is 0 Å². The summed E-state index contributed by atoms with van der Waals surface area (Å²) < 4.78 is 0. The zero-order valence-corrected chi connectivity index (χ0v) is 15.5. The van der Waals surface area contributed by atoms with Crippen LogP contribution in [-0.2, 0) is 0 Å². The molecule has 116 valence electrons. The van der Waals surface area contributed by atoms with Crippen molar-refractivity contribution in [3.05, 3.63) is 0 Å². The van der Waals surface area contributed by atoms with Gasteiger partial charge in [0.05, 0.1) is 0 Å². The van der Waals surface area contributed by atoms with Gasteiger partial charge >= 0.3 is 0 Å². The second-order valence-electron chi connectivity index (χ2n) is 7.88. The van der Waals surface area contributed by atoms with E-state index in [9.17, 15) is 0 Å². The summed E-state index contributed by atoms with van der Waals surface area (Å²) in [6, 6.07) is 0. The Kier molecular flexibility index (Phi) is 6.64. The second kappa shape index (κ2) is 6.64. The van der Waals surface area contributed by atoms with E-state index in [2.05, 4.69) is 69.2 Å². The molecule has 0 fully saturated rings. The van der Waals surface area contributed by atoms with Crippen LogP contribution in [0.25, 0.3) is 0 Å². The van der Waals surface area contributed by atoms with E-state index in [1.807, 2.05) is 0 Å². The van der Waals surface area contributed by atoms with Gasteiger partial charge in [0.2, 0.25) is 0 Å². The van der Waals surface area contributed by atoms with Crippen LogP contribution in [0.2, 0.25) is 0 Å². The lowest BCUT2D eigenvalue weighted by molar-refractivity contribution is -0.0614. The van der Waals surface area contributed by atoms with Gasteiger partial charge in [-0.1, -0.05) is 94.9 Å². The van der Waals surface area contributed by atoms with Gasteiger partial charge in [-0.25, -0.2) is 0 Å². The molecule has 0 saturated carbocycles. The zero-order valence-electron chi connectivity index (χ0n) is 15.5. The van der Waals surface area contributed by atoms with Gasteiger partial charge in [0.25, 0.3) is 0 Å². The highest BCUT2D eigenvalue weighted by atomic mass is 14.5. The Morgan fingerprint density at radius 3 is 1.42 bits per heavy atom. The van der Waals surface area contributed by atoms with Gasteiger partial charge in [-0.05, 0) is 28.1 Å². The van der Waals surface area contributed by atoms with Crippen molar-refractivity contribution in [3.8, 4) is 0 Å². The van der Waals surface area contributed by atoms with E-state index in [0.717, 1.165) is 11.8 Å². The van der Waals surface area contributed by atoms with Gasteiger partial charge in [-0.3, -0.25) is 0 Å². The molecule has 0 aliphatic carbocycles. The predicted octanol–water partition coefficient (Wildman–Crippen LogP) is 6.94. The smallest absolute Gasteiger partial charge is 0.0270 e. The summed E-state index contributed by atoms with van der Waals surface area (Å²) in [5.41, 5.74) is 1.27. The number of hydrogen-bond acceptors (Lipinski definition) is 0. The molecular formula is C19H40. The van der Waals surface area contributed by atoms with E-state index in [1.165, 1.54) is 25.7 Å². The third-order valence-electron chi connectivity index (χ3n) is 7.69. The Hall–Kier alpha value is 0. The first-order valence-corrected chi connectivity index (χ1v) is 8.57. The van der Waals surface area contributed by atoms with E-state index in [0.29, 0.717) is 16.2 Å². The lowest BCUT2D eigenvalue weighted by atomic mass is 9.50. The molecule has 19 heavy (non-hydrogen) atoms. The molecule has 0 N–H and O–H groups in total. The molecule has 0 aromatic heterocycles. The summed E-state index contributed by atoms with van der Waals surface area (Å²) in [4.78, 5) is 0. The molecule has 0 rings (SSSR count). The van der Waals surface area contributed by atoms with Crippen LogP contribution in [-0.4, -0.2) is 0 Å². The van der Waals surface area contributed by atoms with Gasteiger partial charge < -0.3 is 0 Å². The van der Waals surface area contributed by atoms with Crippen molar-refractivity contribution < 1.29 is 0 Å². The monoisotopic (exact) mass is 268 g/mol. The molecule has 0 aromatic carbocycles. The molecule has 0 aliphatic heterocycles. The van der Waals surface area contributed by atoms with Gasteiger partial charge in [-0.15, -0.1) is 0 Å². The maximum Gasteiger partial charge on any atom is -0.0270 e. The first kappa shape index (κ1) is 19.0. The highest BCUT2D eigenvalue weighted by Gasteiger charge is 2.49. The Morgan fingerprint density at radius 2 is 1.16 bits per heavy atom. The summed E-state index contributed by atoms with van der Waals surface area (Å²) in [5.74, 6) is 1.54. The molecule has 3 atom stereocenters. The molecule has 0 spiro atoms. The molecule has 0 nitrogen and oxygen atoms in total. The van der Waals surface area contributed by atoms with Gasteiger partial charge in [0.15, 0.2) is 0 Å². The van der Waals surface area contributed by atoms with Gasteiger partial charge in [0, 0.05) is 0 Å². The average Bonchev–Trinajstić information content (AvgIpc) is 2.43. The van der Waals surface area contributed by atoms with Crippen LogP contribution in [0.3, 0.4) is 0 Å².